The topological polar surface area (TPSA) is 16.1 Å². The van der Waals surface area contributed by atoms with E-state index in [1.165, 1.54) is 11.5 Å². The monoisotopic (exact) mass is 288 g/mol. The number of rotatable bonds is 1. The first-order chi connectivity index (χ1) is 4.63. The zero-order chi connectivity index (χ0) is 7.72. The third-order valence-electron chi connectivity index (χ3n) is 1.03. The van der Waals surface area contributed by atoms with Gasteiger partial charge >= 0.3 is 0 Å². The number of anilines is 1. The molecule has 0 aliphatic rings. The van der Waals surface area contributed by atoms with Gasteiger partial charge in [0.1, 0.15) is 13.7 Å². The largest absolute Gasteiger partial charge is 0.374 e. The van der Waals surface area contributed by atoms with Gasteiger partial charge < -0.3 is 4.90 Å². The zero-order valence-corrected chi connectivity index (χ0v) is 9.29. The molecule has 0 aromatic carbocycles. The summed E-state index contributed by atoms with van der Waals surface area (Å²) in [6, 6.07) is 0. The highest BCUT2D eigenvalue weighted by Crippen LogP contribution is 2.32. The van der Waals surface area contributed by atoms with Gasteiger partial charge in [-0.2, -0.15) is 4.37 Å². The number of halogens is 2. The molecule has 0 amide bonds. The third-order valence-corrected chi connectivity index (χ3v) is 3.13. The molecule has 1 rings (SSSR count). The maximum absolute atomic E-state index is 5.85. The van der Waals surface area contributed by atoms with Gasteiger partial charge in [0.2, 0.25) is 0 Å². The van der Waals surface area contributed by atoms with E-state index in [-0.39, 0.29) is 0 Å². The average Bonchev–Trinajstić information content (AvgIpc) is 2.11. The number of hydrogen-bond acceptors (Lipinski definition) is 3. The van der Waals surface area contributed by atoms with E-state index in [0.717, 1.165) is 13.7 Å². The van der Waals surface area contributed by atoms with Crippen LogP contribution in [0.15, 0.2) is 0 Å². The van der Waals surface area contributed by atoms with Crippen LogP contribution >= 0.6 is 45.7 Å². The van der Waals surface area contributed by atoms with Crippen LogP contribution in [0.5, 0.6) is 0 Å². The highest BCUT2D eigenvalue weighted by molar-refractivity contribution is 14.1. The molecule has 0 aliphatic carbocycles. The quantitative estimate of drug-likeness (QED) is 0.738. The molecule has 0 spiro atoms. The van der Waals surface area contributed by atoms with Crippen LogP contribution < -0.4 is 4.90 Å². The molecule has 0 atom stereocenters. The number of nitrogens with zero attached hydrogens (tertiary/aromatic N) is 2. The van der Waals surface area contributed by atoms with Gasteiger partial charge in [0.15, 0.2) is 0 Å². The second-order valence-electron chi connectivity index (χ2n) is 1.99. The Morgan fingerprint density at radius 3 is 2.40 bits per heavy atom. The number of hydrogen-bond donors (Lipinski definition) is 0. The first kappa shape index (κ1) is 8.55. The molecule has 0 fully saturated rings. The highest BCUT2D eigenvalue weighted by atomic mass is 127. The smallest absolute Gasteiger partial charge is 0.139 e. The Morgan fingerprint density at radius 1 is 1.60 bits per heavy atom. The summed E-state index contributed by atoms with van der Waals surface area (Å²) < 4.78 is 5.82. The fraction of sp³-hybridized carbons (Fsp3) is 0.400. The van der Waals surface area contributed by atoms with Gasteiger partial charge in [-0.1, -0.05) is 11.6 Å². The Kier molecular flexibility index (Phi) is 2.76. The molecule has 10 heavy (non-hydrogen) atoms. The zero-order valence-electron chi connectivity index (χ0n) is 5.56. The second-order valence-corrected chi connectivity index (χ2v) is 4.39. The molecule has 0 bridgehead atoms. The summed E-state index contributed by atoms with van der Waals surface area (Å²) in [6.07, 6.45) is 0. The van der Waals surface area contributed by atoms with Gasteiger partial charge in [0.25, 0.3) is 0 Å². The van der Waals surface area contributed by atoms with E-state index in [1.54, 1.807) is 0 Å². The van der Waals surface area contributed by atoms with Crippen LogP contribution in [0.2, 0.25) is 4.34 Å². The Labute approximate surface area is 82.5 Å². The Hall–Kier alpha value is 0.450. The lowest BCUT2D eigenvalue weighted by Crippen LogP contribution is -2.09. The molecule has 0 aliphatic heterocycles. The molecular weight excluding hydrogens is 282 g/mol. The Morgan fingerprint density at radius 2 is 2.20 bits per heavy atom. The standard InChI is InChI=1S/C5H6ClIN2S/c1-9(2)3-4(6)10-8-5(3)7/h1-2H3. The van der Waals surface area contributed by atoms with E-state index in [1.807, 2.05) is 19.0 Å². The molecule has 1 aromatic rings. The van der Waals surface area contributed by atoms with Gasteiger partial charge in [-0.15, -0.1) is 0 Å². The maximum Gasteiger partial charge on any atom is 0.139 e. The Bertz CT molecular complexity index is 216. The van der Waals surface area contributed by atoms with E-state index < -0.39 is 0 Å². The lowest BCUT2D eigenvalue weighted by molar-refractivity contribution is 1.12. The number of aromatic nitrogens is 1. The van der Waals surface area contributed by atoms with Crippen LogP contribution in [0.3, 0.4) is 0 Å². The molecule has 0 N–H and O–H groups in total. The molecule has 1 aromatic heterocycles. The van der Waals surface area contributed by atoms with Gasteiger partial charge in [-0.25, -0.2) is 0 Å². The van der Waals surface area contributed by atoms with E-state index in [9.17, 15) is 0 Å². The van der Waals surface area contributed by atoms with Crippen molar-refractivity contribution in [3.05, 3.63) is 8.04 Å². The predicted molar refractivity (Wildman–Crippen MR) is 54.2 cm³/mol. The molecule has 56 valence electrons. The molecule has 1 heterocycles. The normalized spacial score (nSPS) is 10.0. The minimum absolute atomic E-state index is 0.759. The summed E-state index contributed by atoms with van der Waals surface area (Å²) in [5.41, 5.74) is 1.02. The van der Waals surface area contributed by atoms with Crippen LogP contribution in [0.1, 0.15) is 0 Å². The van der Waals surface area contributed by atoms with Crippen LogP contribution in [0, 0.1) is 3.70 Å². The van der Waals surface area contributed by atoms with Crippen LogP contribution in [-0.2, 0) is 0 Å². The SMILES string of the molecule is CN(C)c1c(I)nsc1Cl. The molecule has 0 radical (unpaired) electrons. The van der Waals surface area contributed by atoms with Crippen molar-refractivity contribution in [2.45, 2.75) is 0 Å². The van der Waals surface area contributed by atoms with Crippen molar-refractivity contribution < 1.29 is 0 Å². The van der Waals surface area contributed by atoms with E-state index in [4.69, 9.17) is 11.6 Å². The minimum Gasteiger partial charge on any atom is -0.374 e. The fourth-order valence-corrected chi connectivity index (χ4v) is 2.97. The van der Waals surface area contributed by atoms with Crippen LogP contribution in [-0.4, -0.2) is 18.5 Å². The summed E-state index contributed by atoms with van der Waals surface area (Å²) in [5.74, 6) is 0. The molecule has 0 saturated heterocycles. The summed E-state index contributed by atoms with van der Waals surface area (Å²) in [6.45, 7) is 0. The Balaban J connectivity index is 3.10. The highest BCUT2D eigenvalue weighted by Gasteiger charge is 2.10. The molecule has 0 saturated carbocycles. The van der Waals surface area contributed by atoms with Crippen molar-refractivity contribution in [2.75, 3.05) is 19.0 Å². The second kappa shape index (κ2) is 3.23. The third kappa shape index (κ3) is 1.54. The summed E-state index contributed by atoms with van der Waals surface area (Å²) in [7, 11) is 3.91. The first-order valence-corrected chi connectivity index (χ1v) is 4.84. The van der Waals surface area contributed by atoms with Crippen molar-refractivity contribution in [1.82, 2.24) is 4.37 Å². The maximum atomic E-state index is 5.85. The molecule has 0 unspecified atom stereocenters. The van der Waals surface area contributed by atoms with Gasteiger partial charge in [0, 0.05) is 14.1 Å². The molecule has 2 nitrogen and oxygen atoms in total. The van der Waals surface area contributed by atoms with Gasteiger partial charge in [0.05, 0.1) is 0 Å². The van der Waals surface area contributed by atoms with Gasteiger partial charge in [-0.05, 0) is 34.1 Å². The van der Waals surface area contributed by atoms with Crippen molar-refractivity contribution in [3.8, 4) is 0 Å². The van der Waals surface area contributed by atoms with E-state index >= 15 is 0 Å². The summed E-state index contributed by atoms with van der Waals surface area (Å²) >= 11 is 9.34. The van der Waals surface area contributed by atoms with Crippen molar-refractivity contribution in [1.29, 1.82) is 0 Å². The fourth-order valence-electron chi connectivity index (χ4n) is 0.608. The van der Waals surface area contributed by atoms with Crippen molar-refractivity contribution in [2.24, 2.45) is 0 Å². The lowest BCUT2D eigenvalue weighted by Gasteiger charge is -2.09. The van der Waals surface area contributed by atoms with E-state index in [2.05, 4.69) is 27.0 Å². The van der Waals surface area contributed by atoms with E-state index in [0.29, 0.717) is 0 Å². The lowest BCUT2D eigenvalue weighted by atomic mass is 10.5. The van der Waals surface area contributed by atoms with Crippen molar-refractivity contribution >= 4 is 51.4 Å². The average molecular weight is 289 g/mol. The van der Waals surface area contributed by atoms with Crippen molar-refractivity contribution in [3.63, 3.8) is 0 Å². The molecular formula is C5H6ClIN2S. The minimum atomic E-state index is 0.759. The van der Waals surface area contributed by atoms with Crippen LogP contribution in [0.25, 0.3) is 0 Å². The predicted octanol–water partition coefficient (Wildman–Crippen LogP) is 2.47. The summed E-state index contributed by atoms with van der Waals surface area (Å²) in [4.78, 5) is 1.97. The molecule has 5 heteroatoms. The van der Waals surface area contributed by atoms with Crippen LogP contribution in [0.4, 0.5) is 5.69 Å². The first-order valence-electron chi connectivity index (χ1n) is 2.61. The van der Waals surface area contributed by atoms with Gasteiger partial charge in [-0.3, -0.25) is 0 Å². The summed E-state index contributed by atoms with van der Waals surface area (Å²) in [5, 5.41) is 0.